The second-order valence-electron chi connectivity index (χ2n) is 6.86. The number of carbonyl (C=O) groups excluding carboxylic acids is 1. The number of benzene rings is 1. The lowest BCUT2D eigenvalue weighted by Crippen LogP contribution is -2.12. The van der Waals surface area contributed by atoms with Crippen LogP contribution in [0.15, 0.2) is 71.0 Å². The van der Waals surface area contributed by atoms with Gasteiger partial charge in [-0.2, -0.15) is 11.3 Å². The van der Waals surface area contributed by atoms with E-state index in [1.54, 1.807) is 42.0 Å². The van der Waals surface area contributed by atoms with Gasteiger partial charge >= 0.3 is 0 Å². The second-order valence-corrected chi connectivity index (χ2v) is 8.49. The highest BCUT2D eigenvalue weighted by Gasteiger charge is 2.14. The van der Waals surface area contributed by atoms with E-state index in [1.165, 1.54) is 11.3 Å². The Morgan fingerprint density at radius 1 is 1.12 bits per heavy atom. The summed E-state index contributed by atoms with van der Waals surface area (Å²) in [6, 6.07) is 13.1. The summed E-state index contributed by atoms with van der Waals surface area (Å²) in [5.74, 6) is 0.805. The third-order valence-corrected chi connectivity index (χ3v) is 6.29. The van der Waals surface area contributed by atoms with Crippen molar-refractivity contribution in [2.24, 2.45) is 0 Å². The molecule has 0 radical (unpaired) electrons. The number of anilines is 1. The normalized spacial score (nSPS) is 10.9. The van der Waals surface area contributed by atoms with Gasteiger partial charge in [0, 0.05) is 40.5 Å². The zero-order valence-electron chi connectivity index (χ0n) is 17.0. The Labute approximate surface area is 191 Å². The molecule has 0 aliphatic rings. The number of methoxy groups -OCH3 is 1. The number of imidazole rings is 1. The number of fused-ring (bicyclic) bond motifs is 1. The van der Waals surface area contributed by atoms with Gasteiger partial charge in [-0.15, -0.1) is 11.3 Å². The smallest absolute Gasteiger partial charge is 0.275 e. The van der Waals surface area contributed by atoms with E-state index < -0.39 is 0 Å². The molecule has 1 aromatic carbocycles. The number of aromatic nitrogens is 3. The van der Waals surface area contributed by atoms with Crippen LogP contribution in [-0.2, 0) is 6.61 Å². The van der Waals surface area contributed by atoms with E-state index in [0.29, 0.717) is 22.9 Å². The first-order valence-corrected chi connectivity index (χ1v) is 11.5. The fourth-order valence-corrected chi connectivity index (χ4v) is 4.68. The minimum Gasteiger partial charge on any atom is -0.493 e. The van der Waals surface area contributed by atoms with Crippen molar-refractivity contribution in [3.63, 3.8) is 0 Å². The van der Waals surface area contributed by atoms with Crippen LogP contribution in [-0.4, -0.2) is 27.4 Å². The van der Waals surface area contributed by atoms with E-state index in [1.807, 2.05) is 51.8 Å². The van der Waals surface area contributed by atoms with Gasteiger partial charge in [-0.05, 0) is 35.7 Å². The molecule has 160 valence electrons. The van der Waals surface area contributed by atoms with Gasteiger partial charge in [0.2, 0.25) is 0 Å². The fraction of sp³-hybridized carbons (Fsp3) is 0.0870. The van der Waals surface area contributed by atoms with Crippen LogP contribution in [0.4, 0.5) is 5.69 Å². The molecule has 0 fully saturated rings. The Bertz CT molecular complexity index is 1340. The number of pyridine rings is 1. The molecule has 9 heteroatoms. The lowest BCUT2D eigenvalue weighted by atomic mass is 10.2. The topological polar surface area (TPSA) is 77.8 Å². The SMILES string of the molecule is COc1ccc(NC(=O)c2csc(-c3ccsc3)n2)cc1OCc1cn2ccccc2n1. The molecule has 1 N–H and O–H groups in total. The van der Waals surface area contributed by atoms with Crippen molar-refractivity contribution in [3.8, 4) is 22.1 Å². The molecular formula is C23H18N4O3S2. The van der Waals surface area contributed by atoms with E-state index in [2.05, 4.69) is 15.3 Å². The maximum atomic E-state index is 12.7. The van der Waals surface area contributed by atoms with Crippen molar-refractivity contribution < 1.29 is 14.3 Å². The zero-order chi connectivity index (χ0) is 21.9. The fourth-order valence-electron chi connectivity index (χ4n) is 3.17. The summed E-state index contributed by atoms with van der Waals surface area (Å²) in [4.78, 5) is 21.7. The molecule has 0 bridgehead atoms. The highest BCUT2D eigenvalue weighted by Crippen LogP contribution is 2.31. The number of nitrogens with one attached hydrogen (secondary N) is 1. The molecule has 7 nitrogen and oxygen atoms in total. The minimum absolute atomic E-state index is 0.269. The first kappa shape index (κ1) is 20.2. The van der Waals surface area contributed by atoms with Crippen LogP contribution in [0.2, 0.25) is 0 Å². The molecule has 0 unspecified atom stereocenters. The summed E-state index contributed by atoms with van der Waals surface area (Å²) in [6.45, 7) is 0.269. The van der Waals surface area contributed by atoms with Crippen LogP contribution < -0.4 is 14.8 Å². The van der Waals surface area contributed by atoms with Gasteiger partial charge in [0.25, 0.3) is 5.91 Å². The monoisotopic (exact) mass is 462 g/mol. The zero-order valence-corrected chi connectivity index (χ0v) is 18.7. The molecule has 0 spiro atoms. The molecule has 5 aromatic rings. The summed E-state index contributed by atoms with van der Waals surface area (Å²) in [7, 11) is 1.58. The Morgan fingerprint density at radius 2 is 2.06 bits per heavy atom. The molecule has 1 amide bonds. The van der Waals surface area contributed by atoms with Gasteiger partial charge in [-0.3, -0.25) is 4.79 Å². The molecule has 0 atom stereocenters. The van der Waals surface area contributed by atoms with Crippen LogP contribution in [0.1, 0.15) is 16.2 Å². The Balaban J connectivity index is 1.30. The van der Waals surface area contributed by atoms with E-state index >= 15 is 0 Å². The maximum absolute atomic E-state index is 12.7. The summed E-state index contributed by atoms with van der Waals surface area (Å²) in [6.07, 6.45) is 3.85. The molecule has 5 rings (SSSR count). The largest absolute Gasteiger partial charge is 0.493 e. The van der Waals surface area contributed by atoms with Gasteiger partial charge < -0.3 is 19.2 Å². The third kappa shape index (κ3) is 4.20. The summed E-state index contributed by atoms with van der Waals surface area (Å²) >= 11 is 3.04. The molecule has 4 aromatic heterocycles. The van der Waals surface area contributed by atoms with E-state index in [4.69, 9.17) is 9.47 Å². The molecule has 0 saturated carbocycles. The second kappa shape index (κ2) is 8.81. The Morgan fingerprint density at radius 3 is 2.88 bits per heavy atom. The van der Waals surface area contributed by atoms with Crippen LogP contribution in [0.25, 0.3) is 16.2 Å². The van der Waals surface area contributed by atoms with E-state index in [-0.39, 0.29) is 12.5 Å². The van der Waals surface area contributed by atoms with Crippen LogP contribution in [0.5, 0.6) is 11.5 Å². The summed E-state index contributed by atoms with van der Waals surface area (Å²) in [5.41, 5.74) is 3.62. The quantitative estimate of drug-likeness (QED) is 0.352. The highest BCUT2D eigenvalue weighted by molar-refractivity contribution is 7.14. The average Bonchev–Trinajstić information content (AvgIpc) is 3.57. The number of ether oxygens (including phenoxy) is 2. The number of hydrogen-bond donors (Lipinski definition) is 1. The van der Waals surface area contributed by atoms with Crippen molar-refractivity contribution in [3.05, 3.63) is 82.4 Å². The Kier molecular flexibility index (Phi) is 5.57. The lowest BCUT2D eigenvalue weighted by molar-refractivity contribution is 0.102. The Hall–Kier alpha value is -3.69. The van der Waals surface area contributed by atoms with E-state index in [9.17, 15) is 4.79 Å². The van der Waals surface area contributed by atoms with Crippen molar-refractivity contribution in [1.82, 2.24) is 14.4 Å². The molecule has 32 heavy (non-hydrogen) atoms. The summed E-state index contributed by atoms with van der Waals surface area (Å²) in [5, 5.41) is 9.46. The average molecular weight is 463 g/mol. The van der Waals surface area contributed by atoms with Crippen molar-refractivity contribution in [2.75, 3.05) is 12.4 Å². The first-order valence-electron chi connectivity index (χ1n) is 9.72. The number of thiazole rings is 1. The number of nitrogens with zero attached hydrogens (tertiary/aromatic N) is 3. The molecule has 0 saturated heterocycles. The number of rotatable bonds is 7. The van der Waals surface area contributed by atoms with Crippen LogP contribution in [0, 0.1) is 0 Å². The van der Waals surface area contributed by atoms with Crippen LogP contribution >= 0.6 is 22.7 Å². The molecular weight excluding hydrogens is 444 g/mol. The van der Waals surface area contributed by atoms with Crippen LogP contribution in [0.3, 0.4) is 0 Å². The van der Waals surface area contributed by atoms with Crippen molar-refractivity contribution >= 4 is 39.9 Å². The van der Waals surface area contributed by atoms with Gasteiger partial charge in [0.1, 0.15) is 23.0 Å². The van der Waals surface area contributed by atoms with Gasteiger partial charge in [0.05, 0.1) is 12.8 Å². The van der Waals surface area contributed by atoms with Crippen molar-refractivity contribution in [1.29, 1.82) is 0 Å². The minimum atomic E-state index is -0.279. The number of thiophene rings is 1. The van der Waals surface area contributed by atoms with Crippen molar-refractivity contribution in [2.45, 2.75) is 6.61 Å². The standard InChI is InChI=1S/C23H18N4O3S2/c1-29-19-6-5-16(25-22(28)18-14-32-23(26-18)15-7-9-31-13-15)10-20(19)30-12-17-11-27-8-3-2-4-21(27)24-17/h2-11,13-14H,12H2,1H3,(H,25,28). The number of carbonyl (C=O) groups is 1. The van der Waals surface area contributed by atoms with E-state index in [0.717, 1.165) is 21.9 Å². The lowest BCUT2D eigenvalue weighted by Gasteiger charge is -2.12. The predicted molar refractivity (Wildman–Crippen MR) is 126 cm³/mol. The maximum Gasteiger partial charge on any atom is 0.275 e. The van der Waals surface area contributed by atoms with Gasteiger partial charge in [0.15, 0.2) is 11.5 Å². The first-order chi connectivity index (χ1) is 15.7. The van der Waals surface area contributed by atoms with Gasteiger partial charge in [-0.25, -0.2) is 9.97 Å². The van der Waals surface area contributed by atoms with Gasteiger partial charge in [-0.1, -0.05) is 6.07 Å². The molecule has 4 heterocycles. The number of hydrogen-bond acceptors (Lipinski definition) is 7. The molecule has 0 aliphatic heterocycles. The molecule has 0 aliphatic carbocycles. The number of amides is 1. The summed E-state index contributed by atoms with van der Waals surface area (Å²) < 4.78 is 13.3. The highest BCUT2D eigenvalue weighted by atomic mass is 32.1. The predicted octanol–water partition coefficient (Wildman–Crippen LogP) is 5.36. The third-order valence-electron chi connectivity index (χ3n) is 4.72.